The summed E-state index contributed by atoms with van der Waals surface area (Å²) in [5.74, 6) is -0.683. The Kier molecular flexibility index (Phi) is 5.77. The highest BCUT2D eigenvalue weighted by molar-refractivity contribution is 7.14. The van der Waals surface area contributed by atoms with E-state index in [0.717, 1.165) is 16.8 Å². The average Bonchev–Trinajstić information content (AvgIpc) is 3.25. The summed E-state index contributed by atoms with van der Waals surface area (Å²) in [4.78, 5) is 19.5. The van der Waals surface area contributed by atoms with Gasteiger partial charge in [-0.2, -0.15) is 0 Å². The van der Waals surface area contributed by atoms with E-state index in [9.17, 15) is 9.18 Å². The second-order valence-corrected chi connectivity index (χ2v) is 7.42. The number of benzene rings is 3. The van der Waals surface area contributed by atoms with Gasteiger partial charge in [-0.1, -0.05) is 66.7 Å². The third-order valence-electron chi connectivity index (χ3n) is 4.58. The molecule has 0 atom stereocenters. The Morgan fingerprint density at radius 2 is 1.66 bits per heavy atom. The van der Waals surface area contributed by atoms with Gasteiger partial charge >= 0.3 is 0 Å². The third kappa shape index (κ3) is 4.58. The Balaban J connectivity index is 1.64. The molecule has 4 rings (SSSR count). The number of carbonyl (C=O) groups excluding carboxylic acids is 1. The number of hydrogen-bond acceptors (Lipinski definition) is 3. The standard InChI is InChI=1S/C24H19FN2OS/c25-21-13-7-12-20(16-21)23(28)27(15-14-18-8-3-1-4-9-18)24-26-22(17-29-24)19-10-5-2-6-11-19/h1-13,16-17H,14-15H2. The first-order valence-corrected chi connectivity index (χ1v) is 10.2. The summed E-state index contributed by atoms with van der Waals surface area (Å²) in [5, 5.41) is 2.55. The molecule has 0 saturated carbocycles. The van der Waals surface area contributed by atoms with Crippen molar-refractivity contribution < 1.29 is 9.18 Å². The number of hydrogen-bond donors (Lipinski definition) is 0. The molecule has 0 spiro atoms. The first kappa shape index (κ1) is 19.0. The Morgan fingerprint density at radius 1 is 0.931 bits per heavy atom. The van der Waals surface area contributed by atoms with Gasteiger partial charge in [0.15, 0.2) is 5.13 Å². The molecule has 0 radical (unpaired) electrons. The summed E-state index contributed by atoms with van der Waals surface area (Å²) >= 11 is 1.42. The lowest BCUT2D eigenvalue weighted by Crippen LogP contribution is -2.33. The summed E-state index contributed by atoms with van der Waals surface area (Å²) in [7, 11) is 0. The molecule has 3 aromatic carbocycles. The van der Waals surface area contributed by atoms with Gasteiger partial charge in [-0.15, -0.1) is 11.3 Å². The summed E-state index contributed by atoms with van der Waals surface area (Å²) < 4.78 is 13.7. The van der Waals surface area contributed by atoms with Crippen LogP contribution in [0.3, 0.4) is 0 Å². The number of anilines is 1. The van der Waals surface area contributed by atoms with E-state index in [-0.39, 0.29) is 5.91 Å². The lowest BCUT2D eigenvalue weighted by Gasteiger charge is -2.20. The molecule has 144 valence electrons. The quantitative estimate of drug-likeness (QED) is 0.406. The number of carbonyl (C=O) groups is 1. The average molecular weight is 402 g/mol. The maximum atomic E-state index is 13.7. The van der Waals surface area contributed by atoms with Crippen molar-refractivity contribution in [2.24, 2.45) is 0 Å². The fourth-order valence-corrected chi connectivity index (χ4v) is 3.94. The molecule has 0 aliphatic heterocycles. The van der Waals surface area contributed by atoms with Crippen molar-refractivity contribution in [3.05, 3.63) is 107 Å². The van der Waals surface area contributed by atoms with E-state index in [1.54, 1.807) is 17.0 Å². The van der Waals surface area contributed by atoms with Crippen LogP contribution in [-0.2, 0) is 6.42 Å². The zero-order valence-corrected chi connectivity index (χ0v) is 16.5. The first-order valence-electron chi connectivity index (χ1n) is 9.33. The van der Waals surface area contributed by atoms with Crippen LogP contribution in [0.25, 0.3) is 11.3 Å². The Morgan fingerprint density at radius 3 is 2.38 bits per heavy atom. The van der Waals surface area contributed by atoms with Gasteiger partial charge in [-0.25, -0.2) is 9.37 Å². The highest BCUT2D eigenvalue weighted by Crippen LogP contribution is 2.28. The molecule has 0 fully saturated rings. The first-order chi connectivity index (χ1) is 14.2. The minimum absolute atomic E-state index is 0.255. The smallest absolute Gasteiger partial charge is 0.260 e. The number of rotatable bonds is 6. The largest absolute Gasteiger partial charge is 0.284 e. The van der Waals surface area contributed by atoms with E-state index in [2.05, 4.69) is 0 Å². The number of nitrogens with zero attached hydrogens (tertiary/aromatic N) is 2. The summed E-state index contributed by atoms with van der Waals surface area (Å²) in [5.41, 5.74) is 3.26. The molecule has 1 heterocycles. The lowest BCUT2D eigenvalue weighted by atomic mass is 10.1. The lowest BCUT2D eigenvalue weighted by molar-refractivity contribution is 0.0986. The highest BCUT2D eigenvalue weighted by Gasteiger charge is 2.21. The number of thiazole rings is 1. The van der Waals surface area contributed by atoms with Gasteiger partial charge in [-0.05, 0) is 30.2 Å². The minimum Gasteiger partial charge on any atom is -0.284 e. The fraction of sp³-hybridized carbons (Fsp3) is 0.0833. The zero-order valence-electron chi connectivity index (χ0n) is 15.7. The monoisotopic (exact) mass is 402 g/mol. The van der Waals surface area contributed by atoms with Crippen LogP contribution in [0.4, 0.5) is 9.52 Å². The molecule has 0 saturated heterocycles. The predicted molar refractivity (Wildman–Crippen MR) is 116 cm³/mol. The summed E-state index contributed by atoms with van der Waals surface area (Å²) in [6.45, 7) is 0.459. The predicted octanol–water partition coefficient (Wildman–Crippen LogP) is 5.84. The number of aromatic nitrogens is 1. The van der Waals surface area contributed by atoms with Gasteiger partial charge in [0.25, 0.3) is 5.91 Å². The molecule has 3 nitrogen and oxygen atoms in total. The van der Waals surface area contributed by atoms with Crippen molar-refractivity contribution in [1.82, 2.24) is 4.98 Å². The maximum Gasteiger partial charge on any atom is 0.260 e. The van der Waals surface area contributed by atoms with E-state index < -0.39 is 5.82 Å². The molecule has 0 aliphatic carbocycles. The van der Waals surface area contributed by atoms with Crippen LogP contribution in [0.1, 0.15) is 15.9 Å². The van der Waals surface area contributed by atoms with Gasteiger partial charge in [0.1, 0.15) is 5.82 Å². The molecule has 4 aromatic rings. The molecule has 1 amide bonds. The topological polar surface area (TPSA) is 33.2 Å². The van der Waals surface area contributed by atoms with Crippen LogP contribution in [0, 0.1) is 5.82 Å². The van der Waals surface area contributed by atoms with Crippen LogP contribution in [-0.4, -0.2) is 17.4 Å². The van der Waals surface area contributed by atoms with Crippen molar-refractivity contribution in [2.45, 2.75) is 6.42 Å². The Hall–Kier alpha value is -3.31. The van der Waals surface area contributed by atoms with Gasteiger partial charge < -0.3 is 0 Å². The second kappa shape index (κ2) is 8.80. The molecular formula is C24H19FN2OS. The normalized spacial score (nSPS) is 10.7. The molecular weight excluding hydrogens is 383 g/mol. The van der Waals surface area contributed by atoms with E-state index in [1.807, 2.05) is 66.0 Å². The third-order valence-corrected chi connectivity index (χ3v) is 5.44. The van der Waals surface area contributed by atoms with Crippen molar-refractivity contribution in [3.8, 4) is 11.3 Å². The Labute approximate surface area is 173 Å². The van der Waals surface area contributed by atoms with E-state index in [1.165, 1.54) is 23.5 Å². The SMILES string of the molecule is O=C(c1cccc(F)c1)N(CCc1ccccc1)c1nc(-c2ccccc2)cs1. The van der Waals surface area contributed by atoms with Gasteiger partial charge in [0.05, 0.1) is 5.69 Å². The molecule has 29 heavy (non-hydrogen) atoms. The van der Waals surface area contributed by atoms with Crippen LogP contribution >= 0.6 is 11.3 Å². The minimum atomic E-state index is -0.428. The molecule has 0 aliphatic rings. The Bertz CT molecular complexity index is 1100. The summed E-state index contributed by atoms with van der Waals surface area (Å²) in [6.07, 6.45) is 0.683. The van der Waals surface area contributed by atoms with Crippen LogP contribution in [0.15, 0.2) is 90.3 Å². The van der Waals surface area contributed by atoms with E-state index in [0.29, 0.717) is 23.7 Å². The van der Waals surface area contributed by atoms with Gasteiger partial charge in [0.2, 0.25) is 0 Å². The van der Waals surface area contributed by atoms with Gasteiger partial charge in [-0.3, -0.25) is 9.69 Å². The van der Waals surface area contributed by atoms with Crippen LogP contribution in [0.2, 0.25) is 0 Å². The highest BCUT2D eigenvalue weighted by atomic mass is 32.1. The van der Waals surface area contributed by atoms with E-state index >= 15 is 0 Å². The number of amides is 1. The van der Waals surface area contributed by atoms with Gasteiger partial charge in [0, 0.05) is 23.1 Å². The van der Waals surface area contributed by atoms with Crippen molar-refractivity contribution in [3.63, 3.8) is 0 Å². The van der Waals surface area contributed by atoms with Crippen molar-refractivity contribution >= 4 is 22.4 Å². The summed E-state index contributed by atoms with van der Waals surface area (Å²) in [6, 6.07) is 25.6. The fourth-order valence-electron chi connectivity index (χ4n) is 3.08. The molecule has 5 heteroatoms. The molecule has 0 unspecified atom stereocenters. The zero-order chi connectivity index (χ0) is 20.1. The number of halogens is 1. The van der Waals surface area contributed by atoms with Crippen molar-refractivity contribution in [1.29, 1.82) is 0 Å². The second-order valence-electron chi connectivity index (χ2n) is 6.58. The maximum absolute atomic E-state index is 13.7. The molecule has 0 N–H and O–H groups in total. The van der Waals surface area contributed by atoms with E-state index in [4.69, 9.17) is 4.98 Å². The van der Waals surface area contributed by atoms with Crippen molar-refractivity contribution in [2.75, 3.05) is 11.4 Å². The van der Waals surface area contributed by atoms with Crippen LogP contribution in [0.5, 0.6) is 0 Å². The molecule has 1 aromatic heterocycles. The molecule has 0 bridgehead atoms. The van der Waals surface area contributed by atoms with Crippen LogP contribution < -0.4 is 4.90 Å².